The van der Waals surface area contributed by atoms with E-state index < -0.39 is 0 Å². The van der Waals surface area contributed by atoms with E-state index in [0.717, 1.165) is 33.5 Å². The zero-order chi connectivity index (χ0) is 17.5. The SMILES string of the molecule is CCOc1ccc(-c2csc(NN=Cc3ccc(OC)cc3)n2)cc1. The van der Waals surface area contributed by atoms with Gasteiger partial charge in [0.25, 0.3) is 0 Å². The molecule has 2 aromatic carbocycles. The van der Waals surface area contributed by atoms with Crippen molar-refractivity contribution in [3.8, 4) is 22.8 Å². The number of hydrogen-bond donors (Lipinski definition) is 1. The molecule has 0 saturated carbocycles. The third-order valence-corrected chi connectivity index (χ3v) is 4.20. The molecule has 0 saturated heterocycles. The quantitative estimate of drug-likeness (QED) is 0.496. The summed E-state index contributed by atoms with van der Waals surface area (Å²) in [5, 5.41) is 6.97. The van der Waals surface area contributed by atoms with Crippen molar-refractivity contribution in [2.75, 3.05) is 19.1 Å². The maximum absolute atomic E-state index is 5.45. The van der Waals surface area contributed by atoms with E-state index in [1.807, 2.05) is 60.8 Å². The van der Waals surface area contributed by atoms with Crippen LogP contribution in [0, 0.1) is 0 Å². The lowest BCUT2D eigenvalue weighted by Crippen LogP contribution is -1.91. The topological polar surface area (TPSA) is 55.7 Å². The highest BCUT2D eigenvalue weighted by Crippen LogP contribution is 2.26. The molecule has 3 rings (SSSR count). The fraction of sp³-hybridized carbons (Fsp3) is 0.158. The van der Waals surface area contributed by atoms with Crippen LogP contribution < -0.4 is 14.9 Å². The van der Waals surface area contributed by atoms with Crippen molar-refractivity contribution in [3.05, 3.63) is 59.5 Å². The van der Waals surface area contributed by atoms with Crippen molar-refractivity contribution in [3.63, 3.8) is 0 Å². The molecule has 0 unspecified atom stereocenters. The Morgan fingerprint density at radius 1 is 1.08 bits per heavy atom. The van der Waals surface area contributed by atoms with E-state index in [0.29, 0.717) is 6.61 Å². The van der Waals surface area contributed by atoms with Gasteiger partial charge in [-0.25, -0.2) is 4.98 Å². The predicted octanol–water partition coefficient (Wildman–Crippen LogP) is 4.66. The summed E-state index contributed by atoms with van der Waals surface area (Å²) in [4.78, 5) is 4.55. The molecule has 0 aliphatic carbocycles. The zero-order valence-corrected chi connectivity index (χ0v) is 14.9. The van der Waals surface area contributed by atoms with Crippen LogP contribution in [0.25, 0.3) is 11.3 Å². The highest BCUT2D eigenvalue weighted by molar-refractivity contribution is 7.14. The first-order valence-electron chi connectivity index (χ1n) is 7.90. The minimum atomic E-state index is 0.663. The van der Waals surface area contributed by atoms with Crippen LogP contribution in [0.15, 0.2) is 59.0 Å². The normalized spacial score (nSPS) is 10.8. The Bertz CT molecular complexity index is 827. The highest BCUT2D eigenvalue weighted by atomic mass is 32.1. The standard InChI is InChI=1S/C19H19N3O2S/c1-3-24-17-10-6-15(7-11-17)18-13-25-19(21-18)22-20-12-14-4-8-16(23-2)9-5-14/h4-13H,3H2,1-2H3,(H,21,22). The molecule has 0 amide bonds. The van der Waals surface area contributed by atoms with Crippen LogP contribution >= 0.6 is 11.3 Å². The molecule has 1 N–H and O–H groups in total. The van der Waals surface area contributed by atoms with E-state index in [9.17, 15) is 0 Å². The monoisotopic (exact) mass is 353 g/mol. The number of benzene rings is 2. The number of ether oxygens (including phenoxy) is 2. The number of nitrogens with zero attached hydrogens (tertiary/aromatic N) is 2. The van der Waals surface area contributed by atoms with Crippen LogP contribution in [0.2, 0.25) is 0 Å². The number of nitrogens with one attached hydrogen (secondary N) is 1. The van der Waals surface area contributed by atoms with Crippen molar-refractivity contribution >= 4 is 22.7 Å². The zero-order valence-electron chi connectivity index (χ0n) is 14.1. The second kappa shape index (κ2) is 8.30. The Morgan fingerprint density at radius 3 is 2.48 bits per heavy atom. The molecule has 0 aliphatic rings. The van der Waals surface area contributed by atoms with Crippen molar-refractivity contribution in [2.45, 2.75) is 6.92 Å². The molecule has 0 bridgehead atoms. The number of anilines is 1. The Hall–Kier alpha value is -2.86. The lowest BCUT2D eigenvalue weighted by molar-refractivity contribution is 0.340. The van der Waals surface area contributed by atoms with Gasteiger partial charge < -0.3 is 9.47 Å². The molecule has 0 fully saturated rings. The van der Waals surface area contributed by atoms with Gasteiger partial charge in [-0.15, -0.1) is 11.3 Å². The van der Waals surface area contributed by atoms with Gasteiger partial charge in [-0.2, -0.15) is 5.10 Å². The number of hydrazone groups is 1. The van der Waals surface area contributed by atoms with Crippen molar-refractivity contribution in [1.29, 1.82) is 0 Å². The van der Waals surface area contributed by atoms with Gasteiger partial charge in [-0.1, -0.05) is 0 Å². The van der Waals surface area contributed by atoms with Gasteiger partial charge >= 0.3 is 0 Å². The number of rotatable bonds is 7. The number of hydrogen-bond acceptors (Lipinski definition) is 6. The van der Waals surface area contributed by atoms with Gasteiger partial charge in [0.05, 0.1) is 25.6 Å². The van der Waals surface area contributed by atoms with Crippen molar-refractivity contribution in [1.82, 2.24) is 4.98 Å². The van der Waals surface area contributed by atoms with Crippen LogP contribution in [0.4, 0.5) is 5.13 Å². The summed E-state index contributed by atoms with van der Waals surface area (Å²) in [7, 11) is 1.65. The molecule has 25 heavy (non-hydrogen) atoms. The van der Waals surface area contributed by atoms with Crippen molar-refractivity contribution in [2.24, 2.45) is 5.10 Å². The third kappa shape index (κ3) is 4.58. The van der Waals surface area contributed by atoms with Gasteiger partial charge in [0.1, 0.15) is 11.5 Å². The Morgan fingerprint density at radius 2 is 1.80 bits per heavy atom. The fourth-order valence-electron chi connectivity index (χ4n) is 2.20. The first kappa shape index (κ1) is 17.0. The van der Waals surface area contributed by atoms with E-state index in [-0.39, 0.29) is 0 Å². The molecule has 6 heteroatoms. The minimum Gasteiger partial charge on any atom is -0.497 e. The molecular weight excluding hydrogens is 334 g/mol. The lowest BCUT2D eigenvalue weighted by atomic mass is 10.2. The van der Waals surface area contributed by atoms with Crippen LogP contribution in [0.1, 0.15) is 12.5 Å². The Labute approximate surface area is 151 Å². The van der Waals surface area contributed by atoms with E-state index >= 15 is 0 Å². The van der Waals surface area contributed by atoms with Crippen LogP contribution in [-0.4, -0.2) is 24.9 Å². The summed E-state index contributed by atoms with van der Waals surface area (Å²) in [6.45, 7) is 2.63. The van der Waals surface area contributed by atoms with Gasteiger partial charge in [-0.05, 0) is 61.0 Å². The predicted molar refractivity (Wildman–Crippen MR) is 103 cm³/mol. The Balaban J connectivity index is 1.61. The van der Waals surface area contributed by atoms with E-state index in [1.165, 1.54) is 11.3 Å². The molecule has 5 nitrogen and oxygen atoms in total. The summed E-state index contributed by atoms with van der Waals surface area (Å²) in [5.41, 5.74) is 5.91. The first-order valence-corrected chi connectivity index (χ1v) is 8.78. The van der Waals surface area contributed by atoms with E-state index in [4.69, 9.17) is 9.47 Å². The average Bonchev–Trinajstić information content (AvgIpc) is 3.12. The first-order chi connectivity index (χ1) is 12.3. The molecule has 0 spiro atoms. The minimum absolute atomic E-state index is 0.663. The number of thiazole rings is 1. The van der Waals surface area contributed by atoms with Crippen LogP contribution in [0.5, 0.6) is 11.5 Å². The average molecular weight is 353 g/mol. The molecule has 1 aromatic heterocycles. The van der Waals surface area contributed by atoms with Gasteiger partial charge in [0, 0.05) is 10.9 Å². The summed E-state index contributed by atoms with van der Waals surface area (Å²) in [6.07, 6.45) is 1.75. The molecule has 0 atom stereocenters. The number of methoxy groups -OCH3 is 1. The van der Waals surface area contributed by atoms with Gasteiger partial charge in [-0.3, -0.25) is 5.43 Å². The van der Waals surface area contributed by atoms with Crippen LogP contribution in [-0.2, 0) is 0 Å². The highest BCUT2D eigenvalue weighted by Gasteiger charge is 2.04. The van der Waals surface area contributed by atoms with Gasteiger partial charge in [0.2, 0.25) is 5.13 Å². The molecule has 0 radical (unpaired) electrons. The Kier molecular flexibility index (Phi) is 5.64. The summed E-state index contributed by atoms with van der Waals surface area (Å²) >= 11 is 1.51. The lowest BCUT2D eigenvalue weighted by Gasteiger charge is -2.03. The fourth-order valence-corrected chi connectivity index (χ4v) is 2.87. The molecule has 0 aliphatic heterocycles. The maximum atomic E-state index is 5.45. The molecule has 128 valence electrons. The van der Waals surface area contributed by atoms with Crippen LogP contribution in [0.3, 0.4) is 0 Å². The number of aromatic nitrogens is 1. The van der Waals surface area contributed by atoms with Crippen molar-refractivity contribution < 1.29 is 9.47 Å². The third-order valence-electron chi connectivity index (χ3n) is 3.45. The largest absolute Gasteiger partial charge is 0.497 e. The second-order valence-corrected chi connectivity index (χ2v) is 6.00. The van der Waals surface area contributed by atoms with E-state index in [1.54, 1.807) is 13.3 Å². The summed E-state index contributed by atoms with van der Waals surface area (Å²) < 4.78 is 10.6. The molecule has 1 heterocycles. The second-order valence-electron chi connectivity index (χ2n) is 5.14. The molecule has 3 aromatic rings. The maximum Gasteiger partial charge on any atom is 0.203 e. The van der Waals surface area contributed by atoms with Gasteiger partial charge in [0.15, 0.2) is 0 Å². The smallest absolute Gasteiger partial charge is 0.203 e. The summed E-state index contributed by atoms with van der Waals surface area (Å²) in [5.74, 6) is 1.69. The summed E-state index contributed by atoms with van der Waals surface area (Å²) in [6, 6.07) is 15.6. The molecular formula is C19H19N3O2S. The van der Waals surface area contributed by atoms with E-state index in [2.05, 4.69) is 15.5 Å².